The highest BCUT2D eigenvalue weighted by molar-refractivity contribution is 6.33. The molecule has 0 aliphatic carbocycles. The van der Waals surface area contributed by atoms with Crippen LogP contribution in [-0.4, -0.2) is 53.3 Å². The van der Waals surface area contributed by atoms with E-state index in [2.05, 4.69) is 15.3 Å². The lowest BCUT2D eigenvalue weighted by Crippen LogP contribution is -2.50. The molecule has 1 aliphatic heterocycles. The van der Waals surface area contributed by atoms with Crippen LogP contribution in [0.4, 0.5) is 5.69 Å². The van der Waals surface area contributed by atoms with Gasteiger partial charge in [0.1, 0.15) is 16.4 Å². The van der Waals surface area contributed by atoms with E-state index < -0.39 is 0 Å². The Bertz CT molecular complexity index is 1360. The van der Waals surface area contributed by atoms with Crippen LogP contribution in [0.1, 0.15) is 18.7 Å². The Labute approximate surface area is 207 Å². The van der Waals surface area contributed by atoms with Gasteiger partial charge >= 0.3 is 0 Å². The number of halogens is 1. The number of fused-ring (bicyclic) bond motifs is 1. The van der Waals surface area contributed by atoms with Crippen molar-refractivity contribution < 1.29 is 9.21 Å². The van der Waals surface area contributed by atoms with Gasteiger partial charge in [0.25, 0.3) is 5.56 Å². The summed E-state index contributed by atoms with van der Waals surface area (Å²) in [5, 5.41) is 8.51. The molecule has 0 bridgehead atoms. The first-order chi connectivity index (χ1) is 17.0. The van der Waals surface area contributed by atoms with Crippen molar-refractivity contribution in [3.63, 3.8) is 0 Å². The first-order valence-electron chi connectivity index (χ1n) is 11.6. The van der Waals surface area contributed by atoms with Crippen molar-refractivity contribution in [1.82, 2.24) is 20.0 Å². The fourth-order valence-electron chi connectivity index (χ4n) is 4.32. The molecule has 0 radical (unpaired) electrons. The number of furan rings is 1. The van der Waals surface area contributed by atoms with Gasteiger partial charge in [0.15, 0.2) is 0 Å². The zero-order valence-electron chi connectivity index (χ0n) is 19.4. The first-order valence-corrected chi connectivity index (χ1v) is 12.0. The SMILES string of the molecule is C[C@H](NC(=O)CN1CCN(c2cnn(-c3ccccc3)c(=O)c2Cl)CC1)c1cc2ccccc2o1. The lowest BCUT2D eigenvalue weighted by molar-refractivity contribution is -0.123. The molecular weight excluding hydrogens is 466 g/mol. The summed E-state index contributed by atoms with van der Waals surface area (Å²) in [6.45, 7) is 4.83. The Morgan fingerprint density at radius 2 is 1.80 bits per heavy atom. The quantitative estimate of drug-likeness (QED) is 0.443. The van der Waals surface area contributed by atoms with E-state index in [1.54, 1.807) is 6.20 Å². The molecule has 1 atom stereocenters. The number of rotatable bonds is 6. The Kier molecular flexibility index (Phi) is 6.57. The molecule has 1 aliphatic rings. The Morgan fingerprint density at radius 3 is 2.54 bits per heavy atom. The molecule has 1 N–H and O–H groups in total. The van der Waals surface area contributed by atoms with Gasteiger partial charge in [-0.05, 0) is 31.2 Å². The van der Waals surface area contributed by atoms with Crippen LogP contribution in [0, 0.1) is 0 Å². The van der Waals surface area contributed by atoms with Gasteiger partial charge in [0, 0.05) is 31.6 Å². The molecule has 1 fully saturated rings. The summed E-state index contributed by atoms with van der Waals surface area (Å²) in [5.41, 5.74) is 1.74. The van der Waals surface area contributed by atoms with Crippen LogP contribution in [0.25, 0.3) is 16.7 Å². The molecule has 9 heteroatoms. The summed E-state index contributed by atoms with van der Waals surface area (Å²) < 4.78 is 7.16. The molecule has 8 nitrogen and oxygen atoms in total. The fraction of sp³-hybridized carbons (Fsp3) is 0.269. The Hall–Kier alpha value is -3.62. The monoisotopic (exact) mass is 491 g/mol. The van der Waals surface area contributed by atoms with Crippen molar-refractivity contribution in [1.29, 1.82) is 0 Å². The second kappa shape index (κ2) is 9.93. The average molecular weight is 492 g/mol. The van der Waals surface area contributed by atoms with E-state index in [0.29, 0.717) is 44.1 Å². The van der Waals surface area contributed by atoms with E-state index in [1.807, 2.05) is 72.5 Å². The lowest BCUT2D eigenvalue weighted by Gasteiger charge is -2.35. The average Bonchev–Trinajstić information content (AvgIpc) is 3.31. The molecule has 0 saturated carbocycles. The van der Waals surface area contributed by atoms with Crippen molar-refractivity contribution in [2.45, 2.75) is 13.0 Å². The Morgan fingerprint density at radius 1 is 1.09 bits per heavy atom. The summed E-state index contributed by atoms with van der Waals surface area (Å²) in [6.07, 6.45) is 1.63. The maximum absolute atomic E-state index is 12.8. The number of para-hydroxylation sites is 2. The van der Waals surface area contributed by atoms with Gasteiger partial charge in [-0.2, -0.15) is 9.78 Å². The standard InChI is InChI=1S/C26H26ClN5O3/c1-18(23-15-19-7-5-6-10-22(19)35-23)29-24(33)17-30-11-13-31(14-12-30)21-16-28-32(26(34)25(21)27)20-8-3-2-4-9-20/h2-10,15-16,18H,11-14,17H2,1H3,(H,29,33)/t18-/m0/s1. The number of carbonyl (C=O) groups is 1. The van der Waals surface area contributed by atoms with Crippen LogP contribution in [0.5, 0.6) is 0 Å². The number of aromatic nitrogens is 2. The predicted octanol–water partition coefficient (Wildman–Crippen LogP) is 3.63. The highest BCUT2D eigenvalue weighted by Gasteiger charge is 2.23. The molecule has 35 heavy (non-hydrogen) atoms. The van der Waals surface area contributed by atoms with Crippen LogP contribution in [-0.2, 0) is 4.79 Å². The highest BCUT2D eigenvalue weighted by atomic mass is 35.5. The second-order valence-electron chi connectivity index (χ2n) is 8.64. The number of hydrogen-bond donors (Lipinski definition) is 1. The molecule has 0 spiro atoms. The summed E-state index contributed by atoms with van der Waals surface area (Å²) in [6, 6.07) is 18.7. The van der Waals surface area contributed by atoms with Crippen molar-refractivity contribution in [3.8, 4) is 5.69 Å². The summed E-state index contributed by atoms with van der Waals surface area (Å²) in [7, 11) is 0. The minimum absolute atomic E-state index is 0.0587. The smallest absolute Gasteiger partial charge is 0.292 e. The van der Waals surface area contributed by atoms with Gasteiger partial charge in [-0.15, -0.1) is 0 Å². The number of amides is 1. The van der Waals surface area contributed by atoms with Gasteiger partial charge in [-0.3, -0.25) is 14.5 Å². The van der Waals surface area contributed by atoms with E-state index in [4.69, 9.17) is 16.0 Å². The fourth-order valence-corrected chi connectivity index (χ4v) is 4.57. The first kappa shape index (κ1) is 23.1. The highest BCUT2D eigenvalue weighted by Crippen LogP contribution is 2.24. The topological polar surface area (TPSA) is 83.6 Å². The largest absolute Gasteiger partial charge is 0.459 e. The van der Waals surface area contributed by atoms with Crippen LogP contribution in [0.15, 0.2) is 76.1 Å². The summed E-state index contributed by atoms with van der Waals surface area (Å²) in [4.78, 5) is 29.6. The molecule has 1 saturated heterocycles. The summed E-state index contributed by atoms with van der Waals surface area (Å²) in [5.74, 6) is 0.674. The van der Waals surface area contributed by atoms with Gasteiger partial charge in [-0.1, -0.05) is 48.0 Å². The number of piperazine rings is 1. The number of nitrogens with one attached hydrogen (secondary N) is 1. The van der Waals surface area contributed by atoms with Crippen molar-refractivity contribution >= 4 is 34.2 Å². The molecular formula is C26H26ClN5O3. The molecule has 1 amide bonds. The second-order valence-corrected chi connectivity index (χ2v) is 9.01. The van der Waals surface area contributed by atoms with Crippen LogP contribution >= 0.6 is 11.6 Å². The third kappa shape index (κ3) is 4.94. The van der Waals surface area contributed by atoms with Gasteiger partial charge in [0.05, 0.1) is 30.2 Å². The predicted molar refractivity (Wildman–Crippen MR) is 136 cm³/mol. The molecule has 0 unspecified atom stereocenters. The molecule has 4 aromatic rings. The van der Waals surface area contributed by atoms with E-state index in [-0.39, 0.29) is 22.5 Å². The number of benzene rings is 2. The van der Waals surface area contributed by atoms with Crippen LogP contribution in [0.3, 0.4) is 0 Å². The van der Waals surface area contributed by atoms with Crippen LogP contribution in [0.2, 0.25) is 5.02 Å². The summed E-state index contributed by atoms with van der Waals surface area (Å²) >= 11 is 6.45. The van der Waals surface area contributed by atoms with Crippen molar-refractivity contribution in [2.24, 2.45) is 0 Å². The van der Waals surface area contributed by atoms with Gasteiger partial charge < -0.3 is 14.6 Å². The van der Waals surface area contributed by atoms with E-state index in [1.165, 1.54) is 4.68 Å². The number of anilines is 1. The molecule has 180 valence electrons. The number of carbonyl (C=O) groups excluding carboxylic acids is 1. The molecule has 2 aromatic heterocycles. The number of nitrogens with zero attached hydrogens (tertiary/aromatic N) is 4. The minimum atomic E-state index is -0.350. The van der Waals surface area contributed by atoms with Crippen molar-refractivity contribution in [3.05, 3.63) is 88.0 Å². The zero-order valence-corrected chi connectivity index (χ0v) is 20.1. The molecule has 2 aromatic carbocycles. The van der Waals surface area contributed by atoms with E-state index in [0.717, 1.165) is 16.7 Å². The van der Waals surface area contributed by atoms with E-state index >= 15 is 0 Å². The van der Waals surface area contributed by atoms with Crippen molar-refractivity contribution in [2.75, 3.05) is 37.6 Å². The third-order valence-corrected chi connectivity index (χ3v) is 6.59. The Balaban J connectivity index is 1.17. The third-order valence-electron chi connectivity index (χ3n) is 6.23. The number of hydrogen-bond acceptors (Lipinski definition) is 6. The van der Waals surface area contributed by atoms with Gasteiger partial charge in [0.2, 0.25) is 5.91 Å². The maximum Gasteiger partial charge on any atom is 0.292 e. The lowest BCUT2D eigenvalue weighted by atomic mass is 10.2. The van der Waals surface area contributed by atoms with Crippen LogP contribution < -0.4 is 15.8 Å². The molecule has 5 rings (SSSR count). The maximum atomic E-state index is 12.8. The minimum Gasteiger partial charge on any atom is -0.459 e. The van der Waals surface area contributed by atoms with Gasteiger partial charge in [-0.25, -0.2) is 0 Å². The zero-order chi connectivity index (χ0) is 24.4. The molecule has 3 heterocycles. The normalized spacial score (nSPS) is 15.3. The van der Waals surface area contributed by atoms with E-state index in [9.17, 15) is 9.59 Å².